The number of benzene rings is 3. The van der Waals surface area contributed by atoms with E-state index in [1.165, 1.54) is 25.7 Å². The molecular weight excluding hydrogens is 586 g/mol. The largest absolute Gasteiger partial charge is 0.425 e. The Balaban J connectivity index is 1.51. The fourth-order valence-electron chi connectivity index (χ4n) is 5.01. The summed E-state index contributed by atoms with van der Waals surface area (Å²) in [5, 5.41) is 2.62. The summed E-state index contributed by atoms with van der Waals surface area (Å²) in [6, 6.07) is 22.9. The number of hydrogen-bond acceptors (Lipinski definition) is 8. The molecule has 45 heavy (non-hydrogen) atoms. The van der Waals surface area contributed by atoms with Gasteiger partial charge >= 0.3 is 12.0 Å². The molecule has 3 aromatic carbocycles. The molecule has 1 aromatic heterocycles. The van der Waals surface area contributed by atoms with E-state index in [1.807, 2.05) is 62.4 Å². The average molecular weight is 624 g/mol. The van der Waals surface area contributed by atoms with Gasteiger partial charge in [0.05, 0.1) is 5.69 Å². The Hall–Kier alpha value is -4.70. The highest BCUT2D eigenvalue weighted by molar-refractivity contribution is 8.01. The smallest absolute Gasteiger partial charge is 0.337 e. The van der Waals surface area contributed by atoms with Crippen molar-refractivity contribution in [3.8, 4) is 5.75 Å². The topological polar surface area (TPSA) is 105 Å². The molecule has 1 atom stereocenters. The minimum atomic E-state index is -1.81. The average Bonchev–Trinajstić information content (AvgIpc) is 3.07. The number of carbonyl (C=O) groups excluding carboxylic acids is 3. The number of carbonyl (C=O) groups is 3. The molecule has 2 heterocycles. The Morgan fingerprint density at radius 1 is 0.889 bits per heavy atom. The lowest BCUT2D eigenvalue weighted by Gasteiger charge is -2.32. The van der Waals surface area contributed by atoms with E-state index in [1.54, 1.807) is 30.3 Å². The first-order valence-corrected chi connectivity index (χ1v) is 16.0. The van der Waals surface area contributed by atoms with Crippen LogP contribution in [0, 0.1) is 13.8 Å². The number of anilines is 3. The zero-order valence-corrected chi connectivity index (χ0v) is 26.5. The molecule has 232 valence electrons. The number of aryl methyl sites for hydroxylation is 2. The molecule has 0 spiro atoms. The van der Waals surface area contributed by atoms with E-state index in [0.717, 1.165) is 65.0 Å². The van der Waals surface area contributed by atoms with Crippen LogP contribution in [0.1, 0.15) is 42.9 Å². The predicted octanol–water partition coefficient (Wildman–Crippen LogP) is 6.95. The van der Waals surface area contributed by atoms with E-state index in [2.05, 4.69) is 20.2 Å². The van der Waals surface area contributed by atoms with Crippen molar-refractivity contribution in [1.29, 1.82) is 0 Å². The summed E-state index contributed by atoms with van der Waals surface area (Å²) < 4.78 is 4.03. The van der Waals surface area contributed by atoms with E-state index >= 15 is 0 Å². The first kappa shape index (κ1) is 31.7. The second-order valence-electron chi connectivity index (χ2n) is 11.2. The summed E-state index contributed by atoms with van der Waals surface area (Å²) in [6.45, 7) is 7.30. The summed E-state index contributed by atoms with van der Waals surface area (Å²) in [5.74, 6) is -0.855. The van der Waals surface area contributed by atoms with E-state index in [4.69, 9.17) is 4.74 Å². The first-order chi connectivity index (χ1) is 21.7. The van der Waals surface area contributed by atoms with Gasteiger partial charge in [-0.2, -0.15) is 0 Å². The highest BCUT2D eigenvalue weighted by atomic mass is 32.2. The van der Waals surface area contributed by atoms with Crippen LogP contribution in [-0.4, -0.2) is 45.7 Å². The van der Waals surface area contributed by atoms with Crippen LogP contribution in [0.3, 0.4) is 0 Å². The quantitative estimate of drug-likeness (QED) is 0.121. The summed E-state index contributed by atoms with van der Waals surface area (Å²) >= 11 is 1.11. The van der Waals surface area contributed by atoms with Gasteiger partial charge in [-0.15, -0.1) is 11.8 Å². The molecule has 0 bridgehead atoms. The van der Waals surface area contributed by atoms with E-state index in [-0.39, 0.29) is 5.95 Å². The second-order valence-corrected chi connectivity index (χ2v) is 12.5. The molecule has 4 aromatic rings. The molecule has 0 aliphatic carbocycles. The number of thioether (sulfide) groups is 1. The number of imide groups is 1. The zero-order valence-electron chi connectivity index (χ0n) is 25.7. The normalized spacial score (nSPS) is 14.2. The van der Waals surface area contributed by atoms with Crippen LogP contribution in [0.4, 0.5) is 22.1 Å². The van der Waals surface area contributed by atoms with Gasteiger partial charge in [-0.05, 0) is 99.2 Å². The Morgan fingerprint density at radius 3 is 2.24 bits per heavy atom. The molecule has 1 unspecified atom stereocenters. The summed E-state index contributed by atoms with van der Waals surface area (Å²) in [7, 11) is 0. The maximum Gasteiger partial charge on any atom is 0.337 e. The summed E-state index contributed by atoms with van der Waals surface area (Å²) in [4.78, 5) is 54.0. The van der Waals surface area contributed by atoms with Crippen LogP contribution in [0.15, 0.2) is 91.3 Å². The molecule has 3 amide bonds. The predicted molar refractivity (Wildman–Crippen MR) is 179 cm³/mol. The van der Waals surface area contributed by atoms with Gasteiger partial charge in [0.15, 0.2) is 4.75 Å². The van der Waals surface area contributed by atoms with Crippen molar-refractivity contribution < 1.29 is 19.1 Å². The fourth-order valence-corrected chi connectivity index (χ4v) is 6.03. The van der Waals surface area contributed by atoms with Gasteiger partial charge in [0.2, 0.25) is 5.95 Å². The molecule has 10 heteroatoms. The van der Waals surface area contributed by atoms with Gasteiger partial charge in [-0.1, -0.05) is 36.4 Å². The Morgan fingerprint density at radius 2 is 1.58 bits per heavy atom. The van der Waals surface area contributed by atoms with Crippen molar-refractivity contribution in [3.63, 3.8) is 0 Å². The monoisotopic (exact) mass is 623 g/mol. The standard InChI is InChI=1S/C35H37N5O4S/c1-25-13-18-30(23-26(25)2)44-32(42)35(3,45-24-27-11-6-4-7-12-27)31(41)40(34(43)38-33-36-19-10-20-37-33)29-16-14-28(15-17-29)39-21-8-5-9-22-39/h4,6-7,10-20,23H,5,8-9,21-22,24H2,1-3H3,(H,36,37,38,43). The van der Waals surface area contributed by atoms with E-state index < -0.39 is 22.7 Å². The fraction of sp³-hybridized carbons (Fsp3) is 0.286. The van der Waals surface area contributed by atoms with Gasteiger partial charge in [0.25, 0.3) is 5.91 Å². The number of esters is 1. The highest BCUT2D eigenvalue weighted by Gasteiger charge is 2.48. The highest BCUT2D eigenvalue weighted by Crippen LogP contribution is 2.35. The number of piperidine rings is 1. The van der Waals surface area contributed by atoms with Crippen LogP contribution >= 0.6 is 11.8 Å². The second kappa shape index (κ2) is 14.4. The first-order valence-electron chi connectivity index (χ1n) is 15.0. The lowest BCUT2D eigenvalue weighted by atomic mass is 10.1. The number of amides is 3. The van der Waals surface area contributed by atoms with Crippen molar-refractivity contribution in [2.45, 2.75) is 50.5 Å². The number of nitrogens with zero attached hydrogens (tertiary/aromatic N) is 4. The zero-order chi connectivity index (χ0) is 31.8. The lowest BCUT2D eigenvalue weighted by Crippen LogP contribution is -2.55. The SMILES string of the molecule is Cc1ccc(OC(=O)C(C)(SCc2ccccc2)C(=O)N(C(=O)Nc2ncccn2)c2ccc(N3CCCCC3)cc2)cc1C. The third-order valence-electron chi connectivity index (χ3n) is 7.88. The van der Waals surface area contributed by atoms with Gasteiger partial charge in [0, 0.05) is 36.9 Å². The van der Waals surface area contributed by atoms with Gasteiger partial charge in [-0.25, -0.2) is 24.5 Å². The summed E-state index contributed by atoms with van der Waals surface area (Å²) in [5.41, 5.74) is 4.22. The van der Waals surface area contributed by atoms with Crippen LogP contribution < -0.4 is 19.9 Å². The number of aromatic nitrogens is 2. The van der Waals surface area contributed by atoms with Gasteiger partial charge in [0.1, 0.15) is 5.75 Å². The molecule has 1 N–H and O–H groups in total. The number of rotatable bonds is 9. The van der Waals surface area contributed by atoms with E-state index in [9.17, 15) is 14.4 Å². The Labute approximate surface area is 268 Å². The lowest BCUT2D eigenvalue weighted by molar-refractivity contribution is -0.140. The molecule has 1 aliphatic heterocycles. The van der Waals surface area contributed by atoms with Crippen LogP contribution in [0.2, 0.25) is 0 Å². The van der Waals surface area contributed by atoms with Gasteiger partial charge in [-0.3, -0.25) is 10.1 Å². The minimum Gasteiger partial charge on any atom is -0.425 e. The Kier molecular flexibility index (Phi) is 10.1. The van der Waals surface area contributed by atoms with Crippen molar-refractivity contribution >= 4 is 47.0 Å². The Bertz CT molecular complexity index is 1630. The molecule has 1 saturated heterocycles. The van der Waals surface area contributed by atoms with Crippen molar-refractivity contribution in [1.82, 2.24) is 9.97 Å². The molecule has 1 fully saturated rings. The molecular formula is C35H37N5O4S. The summed E-state index contributed by atoms with van der Waals surface area (Å²) in [6.07, 6.45) is 6.42. The van der Waals surface area contributed by atoms with Crippen molar-refractivity contribution in [2.24, 2.45) is 0 Å². The minimum absolute atomic E-state index is 0.0292. The number of urea groups is 1. The number of nitrogens with one attached hydrogen (secondary N) is 1. The van der Waals surface area contributed by atoms with Crippen molar-refractivity contribution in [3.05, 3.63) is 108 Å². The van der Waals surface area contributed by atoms with Crippen molar-refractivity contribution in [2.75, 3.05) is 28.2 Å². The molecule has 9 nitrogen and oxygen atoms in total. The maximum absolute atomic E-state index is 14.7. The third-order valence-corrected chi connectivity index (χ3v) is 9.27. The van der Waals surface area contributed by atoms with Crippen LogP contribution in [0.25, 0.3) is 0 Å². The third kappa shape index (κ3) is 7.69. The van der Waals surface area contributed by atoms with Crippen LogP contribution in [0.5, 0.6) is 5.75 Å². The van der Waals surface area contributed by atoms with Crippen LogP contribution in [-0.2, 0) is 15.3 Å². The molecule has 0 radical (unpaired) electrons. The maximum atomic E-state index is 14.7. The molecule has 1 aliphatic rings. The molecule has 0 saturated carbocycles. The van der Waals surface area contributed by atoms with E-state index in [0.29, 0.717) is 17.2 Å². The number of hydrogen-bond donors (Lipinski definition) is 1. The molecule has 5 rings (SSSR count). The van der Waals surface area contributed by atoms with Gasteiger partial charge < -0.3 is 9.64 Å². The number of ether oxygens (including phenoxy) is 1.